The molecule has 1 atom stereocenters. The Labute approximate surface area is 121 Å². The highest BCUT2D eigenvalue weighted by Gasteiger charge is 2.24. The van der Waals surface area contributed by atoms with Crippen LogP contribution in [0.5, 0.6) is 5.75 Å². The molecule has 2 aromatic rings. The van der Waals surface area contributed by atoms with Gasteiger partial charge in [-0.2, -0.15) is 0 Å². The number of phenolic OH excluding ortho intramolecular Hbond substituents is 1. The number of rotatable bonds is 2. The molecule has 0 amide bonds. The van der Waals surface area contributed by atoms with Gasteiger partial charge in [-0.3, -0.25) is 0 Å². The summed E-state index contributed by atoms with van der Waals surface area (Å²) in [5.41, 5.74) is 4.64. The number of halogens is 1. The molecule has 0 radical (unpaired) electrons. The molecule has 98 valence electrons. The Morgan fingerprint density at radius 3 is 2.89 bits per heavy atom. The van der Waals surface area contributed by atoms with E-state index in [1.807, 2.05) is 6.07 Å². The molecule has 2 aromatic carbocycles. The summed E-state index contributed by atoms with van der Waals surface area (Å²) < 4.78 is 1.08. The van der Waals surface area contributed by atoms with E-state index >= 15 is 0 Å². The Hall–Kier alpha value is -1.48. The molecule has 1 aliphatic carbocycles. The monoisotopic (exact) mass is 317 g/mol. The number of aromatic hydroxyl groups is 1. The van der Waals surface area contributed by atoms with Crippen molar-refractivity contribution in [3.8, 4) is 5.75 Å². The summed E-state index contributed by atoms with van der Waals surface area (Å²) in [4.78, 5) is 0. The van der Waals surface area contributed by atoms with Gasteiger partial charge in [-0.15, -0.1) is 0 Å². The smallest absolute Gasteiger partial charge is 0.119 e. The van der Waals surface area contributed by atoms with E-state index in [0.717, 1.165) is 28.6 Å². The van der Waals surface area contributed by atoms with Crippen LogP contribution >= 0.6 is 15.9 Å². The summed E-state index contributed by atoms with van der Waals surface area (Å²) in [6.45, 7) is 2.08. The van der Waals surface area contributed by atoms with Crippen molar-refractivity contribution in [3.63, 3.8) is 0 Å². The molecule has 3 rings (SSSR count). The highest BCUT2D eigenvalue weighted by atomic mass is 79.9. The molecule has 19 heavy (non-hydrogen) atoms. The van der Waals surface area contributed by atoms with Crippen molar-refractivity contribution in [3.05, 3.63) is 57.6 Å². The molecule has 1 aliphatic rings. The van der Waals surface area contributed by atoms with Gasteiger partial charge in [0, 0.05) is 10.2 Å². The first-order valence-electron chi connectivity index (χ1n) is 6.48. The molecule has 1 unspecified atom stereocenters. The average molecular weight is 318 g/mol. The normalized spacial score (nSPS) is 17.3. The second-order valence-corrected chi connectivity index (χ2v) is 5.92. The fourth-order valence-corrected chi connectivity index (χ4v) is 3.32. The lowest BCUT2D eigenvalue weighted by atomic mass is 10.1. The van der Waals surface area contributed by atoms with Crippen molar-refractivity contribution >= 4 is 21.6 Å². The van der Waals surface area contributed by atoms with Crippen LogP contribution in [0.25, 0.3) is 0 Å². The second-order valence-electron chi connectivity index (χ2n) is 5.06. The lowest BCUT2D eigenvalue weighted by Crippen LogP contribution is -2.07. The highest BCUT2D eigenvalue weighted by Crippen LogP contribution is 2.39. The number of phenols is 1. The molecule has 2 N–H and O–H groups in total. The van der Waals surface area contributed by atoms with Gasteiger partial charge in [0.05, 0.1) is 6.04 Å². The van der Waals surface area contributed by atoms with Crippen LogP contribution in [0, 0.1) is 6.92 Å². The van der Waals surface area contributed by atoms with Crippen molar-refractivity contribution < 1.29 is 5.11 Å². The van der Waals surface area contributed by atoms with Crippen molar-refractivity contribution in [1.29, 1.82) is 0 Å². The number of benzene rings is 2. The van der Waals surface area contributed by atoms with Crippen molar-refractivity contribution in [2.75, 3.05) is 5.32 Å². The SMILES string of the molecule is Cc1ccc(NC2CCc3c(O)cccc32)c(Br)c1. The van der Waals surface area contributed by atoms with Gasteiger partial charge in [-0.1, -0.05) is 18.2 Å². The first kappa shape index (κ1) is 12.5. The third kappa shape index (κ3) is 2.35. The number of nitrogens with one attached hydrogen (secondary N) is 1. The van der Waals surface area contributed by atoms with Crippen molar-refractivity contribution in [2.24, 2.45) is 0 Å². The predicted octanol–water partition coefficient (Wildman–Crippen LogP) is 4.56. The standard InChI is InChI=1S/C16H16BrNO/c1-10-5-7-15(13(17)9-10)18-14-8-6-12-11(14)3-2-4-16(12)19/h2-5,7,9,14,18-19H,6,8H2,1H3. The van der Waals surface area contributed by atoms with Crippen LogP contribution in [0.2, 0.25) is 0 Å². The molecular formula is C16H16BrNO. The summed E-state index contributed by atoms with van der Waals surface area (Å²) in [6, 6.07) is 12.4. The van der Waals surface area contributed by atoms with Gasteiger partial charge in [0.25, 0.3) is 0 Å². The molecule has 0 spiro atoms. The van der Waals surface area contributed by atoms with E-state index < -0.39 is 0 Å². The molecule has 3 heteroatoms. The van der Waals surface area contributed by atoms with Gasteiger partial charge >= 0.3 is 0 Å². The van der Waals surface area contributed by atoms with Gasteiger partial charge in [0.15, 0.2) is 0 Å². The Morgan fingerprint density at radius 1 is 1.26 bits per heavy atom. The zero-order valence-electron chi connectivity index (χ0n) is 10.8. The summed E-state index contributed by atoms with van der Waals surface area (Å²) in [6.07, 6.45) is 1.95. The van der Waals surface area contributed by atoms with Gasteiger partial charge < -0.3 is 10.4 Å². The van der Waals surface area contributed by atoms with Gasteiger partial charge in [0.1, 0.15) is 5.75 Å². The van der Waals surface area contributed by atoms with Crippen LogP contribution in [0.3, 0.4) is 0 Å². The molecular weight excluding hydrogens is 302 g/mol. The van der Waals surface area contributed by atoms with E-state index in [2.05, 4.69) is 52.4 Å². The number of anilines is 1. The van der Waals surface area contributed by atoms with Crippen LogP contribution < -0.4 is 5.32 Å². The molecule has 0 fully saturated rings. The fourth-order valence-electron chi connectivity index (χ4n) is 2.71. The first-order valence-corrected chi connectivity index (χ1v) is 7.28. The third-order valence-electron chi connectivity index (χ3n) is 3.70. The molecule has 0 saturated carbocycles. The van der Waals surface area contributed by atoms with Gasteiger partial charge in [-0.05, 0) is 70.6 Å². The maximum Gasteiger partial charge on any atom is 0.119 e. The van der Waals surface area contributed by atoms with E-state index in [1.165, 1.54) is 11.1 Å². The molecule has 0 bridgehead atoms. The summed E-state index contributed by atoms with van der Waals surface area (Å²) >= 11 is 3.60. The zero-order valence-corrected chi connectivity index (χ0v) is 12.4. The van der Waals surface area contributed by atoms with E-state index in [9.17, 15) is 5.11 Å². The quantitative estimate of drug-likeness (QED) is 0.850. The summed E-state index contributed by atoms with van der Waals surface area (Å²) in [5, 5.41) is 13.4. The molecule has 0 aliphatic heterocycles. The maximum absolute atomic E-state index is 9.87. The maximum atomic E-state index is 9.87. The number of aryl methyl sites for hydroxylation is 1. The van der Waals surface area contributed by atoms with Crippen molar-refractivity contribution in [2.45, 2.75) is 25.8 Å². The van der Waals surface area contributed by atoms with Crippen LogP contribution in [-0.2, 0) is 6.42 Å². The molecule has 0 heterocycles. The Balaban J connectivity index is 1.89. The van der Waals surface area contributed by atoms with E-state index in [-0.39, 0.29) is 6.04 Å². The topological polar surface area (TPSA) is 32.3 Å². The lowest BCUT2D eigenvalue weighted by molar-refractivity contribution is 0.469. The summed E-state index contributed by atoms with van der Waals surface area (Å²) in [5.74, 6) is 0.421. The largest absolute Gasteiger partial charge is 0.508 e. The number of fused-ring (bicyclic) bond motifs is 1. The van der Waals surface area contributed by atoms with Crippen molar-refractivity contribution in [1.82, 2.24) is 0 Å². The minimum atomic E-state index is 0.279. The Bertz CT molecular complexity index is 624. The van der Waals surface area contributed by atoms with Crippen LogP contribution in [0.15, 0.2) is 40.9 Å². The fraction of sp³-hybridized carbons (Fsp3) is 0.250. The Morgan fingerprint density at radius 2 is 2.11 bits per heavy atom. The van der Waals surface area contributed by atoms with E-state index in [1.54, 1.807) is 6.07 Å². The summed E-state index contributed by atoms with van der Waals surface area (Å²) in [7, 11) is 0. The number of hydrogen-bond acceptors (Lipinski definition) is 2. The van der Waals surface area contributed by atoms with E-state index in [4.69, 9.17) is 0 Å². The Kier molecular flexibility index (Phi) is 3.23. The predicted molar refractivity (Wildman–Crippen MR) is 81.7 cm³/mol. The van der Waals surface area contributed by atoms with Crippen LogP contribution in [0.1, 0.15) is 29.2 Å². The zero-order chi connectivity index (χ0) is 13.4. The highest BCUT2D eigenvalue weighted by molar-refractivity contribution is 9.10. The van der Waals surface area contributed by atoms with Gasteiger partial charge in [-0.25, -0.2) is 0 Å². The lowest BCUT2D eigenvalue weighted by Gasteiger charge is -2.17. The molecule has 0 saturated heterocycles. The average Bonchev–Trinajstić information content (AvgIpc) is 2.78. The van der Waals surface area contributed by atoms with Crippen LogP contribution in [-0.4, -0.2) is 5.11 Å². The third-order valence-corrected chi connectivity index (χ3v) is 4.36. The second kappa shape index (κ2) is 4.89. The number of hydrogen-bond donors (Lipinski definition) is 2. The molecule has 2 nitrogen and oxygen atoms in total. The first-order chi connectivity index (χ1) is 9.15. The minimum Gasteiger partial charge on any atom is -0.508 e. The minimum absolute atomic E-state index is 0.279. The molecule has 0 aromatic heterocycles. The van der Waals surface area contributed by atoms with Gasteiger partial charge in [0.2, 0.25) is 0 Å². The van der Waals surface area contributed by atoms with E-state index in [0.29, 0.717) is 5.75 Å². The van der Waals surface area contributed by atoms with Crippen LogP contribution in [0.4, 0.5) is 5.69 Å².